The Bertz CT molecular complexity index is 1130. The van der Waals surface area contributed by atoms with Crippen molar-refractivity contribution >= 4 is 27.2 Å². The fraction of sp³-hybridized carbons (Fsp3) is 0.520. The Balaban J connectivity index is 1.14. The Kier molecular flexibility index (Phi) is 5.76. The number of halogens is 2. The zero-order chi connectivity index (χ0) is 22.4. The van der Waals surface area contributed by atoms with Gasteiger partial charge in [0.1, 0.15) is 17.3 Å². The van der Waals surface area contributed by atoms with Crippen LogP contribution in [0, 0.1) is 29.4 Å². The molecule has 1 aliphatic carbocycles. The molecule has 1 N–H and O–H groups in total. The number of aromatic nitrogens is 2. The first-order valence-corrected chi connectivity index (χ1v) is 12.8. The van der Waals surface area contributed by atoms with Gasteiger partial charge in [0.05, 0.1) is 4.70 Å². The molecule has 8 heteroatoms. The number of likely N-dealkylation sites (tertiary alicyclic amines) is 1. The molecule has 174 valence electrons. The maximum absolute atomic E-state index is 14.4. The summed E-state index contributed by atoms with van der Waals surface area (Å²) in [4.78, 5) is 2.67. The van der Waals surface area contributed by atoms with Gasteiger partial charge in [-0.25, -0.2) is 8.78 Å². The quantitative estimate of drug-likeness (QED) is 0.557. The largest absolute Gasteiger partial charge is 0.381 e. The molecule has 3 fully saturated rings. The van der Waals surface area contributed by atoms with E-state index >= 15 is 0 Å². The molecule has 33 heavy (non-hydrogen) atoms. The van der Waals surface area contributed by atoms with Gasteiger partial charge in [-0.3, -0.25) is 0 Å². The van der Waals surface area contributed by atoms with Gasteiger partial charge < -0.3 is 15.0 Å². The number of nitrogens with one attached hydrogen (secondary N) is 1. The van der Waals surface area contributed by atoms with Crippen LogP contribution in [0.2, 0.25) is 0 Å². The zero-order valence-electron chi connectivity index (χ0n) is 18.5. The van der Waals surface area contributed by atoms with Gasteiger partial charge in [0.15, 0.2) is 5.82 Å². The standard InChI is InChI=1S/C25H28F2N4OS/c26-18-1-2-22(27)21(11-18)23-24-20(5-8-33-24)25(30-29-23)28-19-9-16-13-31(14-17(16)10-19)12-15-3-6-32-7-4-15/h1-2,5,8,11,15-17,19H,3-4,6-7,9-10,12-14H2,(H,28,30)/t16-,17?,19+/m1/s1. The van der Waals surface area contributed by atoms with Crippen molar-refractivity contribution in [2.45, 2.75) is 31.7 Å². The molecule has 3 aliphatic rings. The van der Waals surface area contributed by atoms with E-state index in [1.807, 2.05) is 11.4 Å². The molecule has 2 aromatic heterocycles. The molecule has 1 saturated carbocycles. The summed E-state index contributed by atoms with van der Waals surface area (Å²) in [5.41, 5.74) is 0.552. The van der Waals surface area contributed by atoms with Crippen LogP contribution < -0.4 is 5.32 Å². The Labute approximate surface area is 196 Å². The van der Waals surface area contributed by atoms with E-state index in [0.29, 0.717) is 11.7 Å². The molecule has 6 rings (SSSR count). The predicted octanol–water partition coefficient (Wildman–Crippen LogP) is 5.19. The third-order valence-electron chi connectivity index (χ3n) is 7.59. The van der Waals surface area contributed by atoms with Crippen LogP contribution in [-0.2, 0) is 4.74 Å². The lowest BCUT2D eigenvalue weighted by atomic mass is 10.00. The summed E-state index contributed by atoms with van der Waals surface area (Å²) in [6.07, 6.45) is 4.67. The first kappa shape index (κ1) is 21.4. The van der Waals surface area contributed by atoms with Gasteiger partial charge in [-0.05, 0) is 73.1 Å². The number of ether oxygens (including phenoxy) is 1. The lowest BCUT2D eigenvalue weighted by molar-refractivity contribution is 0.0545. The molecule has 0 radical (unpaired) electrons. The Morgan fingerprint density at radius 1 is 1.06 bits per heavy atom. The maximum atomic E-state index is 14.4. The molecule has 0 bridgehead atoms. The average Bonchev–Trinajstić information content (AvgIpc) is 3.52. The van der Waals surface area contributed by atoms with E-state index in [1.54, 1.807) is 0 Å². The minimum atomic E-state index is -0.491. The fourth-order valence-corrected chi connectivity index (χ4v) is 6.89. The highest BCUT2D eigenvalue weighted by Crippen LogP contribution is 2.41. The molecule has 4 heterocycles. The fourth-order valence-electron chi connectivity index (χ4n) is 5.99. The van der Waals surface area contributed by atoms with E-state index in [2.05, 4.69) is 20.4 Å². The highest BCUT2D eigenvalue weighted by molar-refractivity contribution is 7.17. The van der Waals surface area contributed by atoms with Gasteiger partial charge in [-0.15, -0.1) is 21.5 Å². The molecule has 3 atom stereocenters. The third-order valence-corrected chi connectivity index (χ3v) is 8.51. The average molecular weight is 471 g/mol. The van der Waals surface area contributed by atoms with Crippen molar-refractivity contribution in [3.63, 3.8) is 0 Å². The second-order valence-corrected chi connectivity index (χ2v) is 10.7. The smallest absolute Gasteiger partial charge is 0.157 e. The van der Waals surface area contributed by atoms with Crippen molar-refractivity contribution in [3.8, 4) is 11.3 Å². The van der Waals surface area contributed by atoms with Crippen LogP contribution in [0.4, 0.5) is 14.6 Å². The molecule has 0 amide bonds. The molecule has 2 aliphatic heterocycles. The number of thiophene rings is 1. The van der Waals surface area contributed by atoms with E-state index in [-0.39, 0.29) is 5.56 Å². The van der Waals surface area contributed by atoms with Crippen LogP contribution in [0.5, 0.6) is 0 Å². The first-order valence-electron chi connectivity index (χ1n) is 11.9. The van der Waals surface area contributed by atoms with Crippen molar-refractivity contribution < 1.29 is 13.5 Å². The lowest BCUT2D eigenvalue weighted by Gasteiger charge is -2.27. The van der Waals surface area contributed by atoms with Crippen molar-refractivity contribution in [1.82, 2.24) is 15.1 Å². The maximum Gasteiger partial charge on any atom is 0.157 e. The first-order chi connectivity index (χ1) is 16.1. The summed E-state index contributed by atoms with van der Waals surface area (Å²) in [6.45, 7) is 5.43. The number of nitrogens with zero attached hydrogens (tertiary/aromatic N) is 3. The monoisotopic (exact) mass is 470 g/mol. The second kappa shape index (κ2) is 8.89. The molecule has 1 aromatic carbocycles. The number of hydrogen-bond acceptors (Lipinski definition) is 6. The molecule has 3 aromatic rings. The summed E-state index contributed by atoms with van der Waals surface area (Å²) in [6, 6.07) is 5.81. The van der Waals surface area contributed by atoms with Crippen molar-refractivity contribution in [2.24, 2.45) is 17.8 Å². The van der Waals surface area contributed by atoms with Gasteiger partial charge >= 0.3 is 0 Å². The van der Waals surface area contributed by atoms with E-state index in [1.165, 1.54) is 49.9 Å². The van der Waals surface area contributed by atoms with Gasteiger partial charge in [0.25, 0.3) is 0 Å². The SMILES string of the molecule is Fc1ccc(F)c(-c2nnc(N[C@@H]3CC4CN(CC5CCOCC5)C[C@H]4C3)c3ccsc23)c1. The Morgan fingerprint density at radius 2 is 1.85 bits per heavy atom. The van der Waals surface area contributed by atoms with E-state index in [0.717, 1.165) is 71.8 Å². The van der Waals surface area contributed by atoms with Gasteiger partial charge in [0.2, 0.25) is 0 Å². The minimum Gasteiger partial charge on any atom is -0.381 e. The molecular formula is C25H28F2N4OS. The van der Waals surface area contributed by atoms with Crippen LogP contribution >= 0.6 is 11.3 Å². The Hall–Kier alpha value is -2.16. The highest BCUT2D eigenvalue weighted by atomic mass is 32.1. The summed E-state index contributed by atoms with van der Waals surface area (Å²) < 4.78 is 34.5. The Morgan fingerprint density at radius 3 is 2.64 bits per heavy atom. The highest BCUT2D eigenvalue weighted by Gasteiger charge is 2.41. The van der Waals surface area contributed by atoms with E-state index in [9.17, 15) is 8.78 Å². The number of fused-ring (bicyclic) bond motifs is 2. The van der Waals surface area contributed by atoms with Crippen LogP contribution in [0.1, 0.15) is 25.7 Å². The summed E-state index contributed by atoms with van der Waals surface area (Å²) in [7, 11) is 0. The molecular weight excluding hydrogens is 442 g/mol. The van der Waals surface area contributed by atoms with Crippen molar-refractivity contribution in [1.29, 1.82) is 0 Å². The lowest BCUT2D eigenvalue weighted by Crippen LogP contribution is -2.32. The van der Waals surface area contributed by atoms with Crippen LogP contribution in [0.15, 0.2) is 29.6 Å². The molecule has 5 nitrogen and oxygen atoms in total. The number of hydrogen-bond donors (Lipinski definition) is 1. The van der Waals surface area contributed by atoms with Gasteiger partial charge in [-0.1, -0.05) is 0 Å². The molecule has 2 saturated heterocycles. The summed E-state index contributed by atoms with van der Waals surface area (Å²) in [5, 5.41) is 15.2. The van der Waals surface area contributed by atoms with Crippen molar-refractivity contribution in [2.75, 3.05) is 38.2 Å². The summed E-state index contributed by atoms with van der Waals surface area (Å²) >= 11 is 1.48. The van der Waals surface area contributed by atoms with Crippen LogP contribution in [0.3, 0.4) is 0 Å². The van der Waals surface area contributed by atoms with E-state index < -0.39 is 11.6 Å². The molecule has 1 unspecified atom stereocenters. The van der Waals surface area contributed by atoms with Crippen LogP contribution in [0.25, 0.3) is 21.3 Å². The predicted molar refractivity (Wildman–Crippen MR) is 126 cm³/mol. The minimum absolute atomic E-state index is 0.154. The number of benzene rings is 1. The number of rotatable bonds is 5. The summed E-state index contributed by atoms with van der Waals surface area (Å²) in [5.74, 6) is 2.02. The number of anilines is 1. The van der Waals surface area contributed by atoms with Crippen LogP contribution in [-0.4, -0.2) is 54.0 Å². The second-order valence-electron chi connectivity index (χ2n) is 9.79. The van der Waals surface area contributed by atoms with Gasteiger partial charge in [-0.2, -0.15) is 0 Å². The normalized spacial score (nSPS) is 26.2. The molecule has 0 spiro atoms. The van der Waals surface area contributed by atoms with Gasteiger partial charge in [0, 0.05) is 49.8 Å². The third kappa shape index (κ3) is 4.24. The van der Waals surface area contributed by atoms with Crippen molar-refractivity contribution in [3.05, 3.63) is 41.3 Å². The zero-order valence-corrected chi connectivity index (χ0v) is 19.3. The van der Waals surface area contributed by atoms with E-state index in [4.69, 9.17) is 4.74 Å². The topological polar surface area (TPSA) is 50.3 Å².